The molecule has 2 aromatic carbocycles. The predicted molar refractivity (Wildman–Crippen MR) is 152 cm³/mol. The average molecular weight is 594 g/mol. The molecule has 5 aromatic rings. The molecule has 10 nitrogen and oxygen atoms in total. The van der Waals surface area contributed by atoms with Crippen molar-refractivity contribution in [3.8, 4) is 11.5 Å². The third-order valence-corrected chi connectivity index (χ3v) is 6.79. The molecule has 0 saturated heterocycles. The number of hydrogen-bond donors (Lipinski definition) is 3. The van der Waals surface area contributed by atoms with Crippen molar-refractivity contribution in [1.82, 2.24) is 29.1 Å². The lowest BCUT2D eigenvalue weighted by Gasteiger charge is -2.14. The fourth-order valence-electron chi connectivity index (χ4n) is 4.22. The van der Waals surface area contributed by atoms with E-state index in [9.17, 15) is 18.0 Å². The molecule has 1 aliphatic rings. The highest BCUT2D eigenvalue weighted by Gasteiger charge is 2.32. The SMILES string of the molecule is Cc1cn(-c2cc(C(=O)Nc3ccc(Cl)c(Nc4nccn4-c4cc(NC5CC5)ncn4)c3)cc(C(F)(F)F)c2)cn1. The van der Waals surface area contributed by atoms with Gasteiger partial charge in [0, 0.05) is 47.6 Å². The Morgan fingerprint density at radius 2 is 1.88 bits per heavy atom. The Balaban J connectivity index is 1.24. The summed E-state index contributed by atoms with van der Waals surface area (Å²) < 4.78 is 44.2. The molecule has 1 aliphatic carbocycles. The molecule has 214 valence electrons. The van der Waals surface area contributed by atoms with Crippen LogP contribution in [-0.4, -0.2) is 41.0 Å². The molecule has 3 N–H and O–H groups in total. The van der Waals surface area contributed by atoms with Crippen molar-refractivity contribution < 1.29 is 18.0 Å². The Bertz CT molecular complexity index is 1780. The Kier molecular flexibility index (Phi) is 7.02. The van der Waals surface area contributed by atoms with Crippen LogP contribution in [0.15, 0.2) is 73.7 Å². The highest BCUT2D eigenvalue weighted by Crippen LogP contribution is 2.33. The topological polar surface area (TPSA) is 115 Å². The number of alkyl halides is 3. The summed E-state index contributed by atoms with van der Waals surface area (Å²) >= 11 is 6.43. The van der Waals surface area contributed by atoms with Crippen molar-refractivity contribution >= 4 is 40.6 Å². The minimum Gasteiger partial charge on any atom is -0.367 e. The smallest absolute Gasteiger partial charge is 0.367 e. The third-order valence-electron chi connectivity index (χ3n) is 6.46. The van der Waals surface area contributed by atoms with Gasteiger partial charge in [-0.1, -0.05) is 11.6 Å². The summed E-state index contributed by atoms with van der Waals surface area (Å²) in [7, 11) is 0. The normalized spacial score (nSPS) is 13.2. The number of carbonyl (C=O) groups is 1. The molecule has 1 saturated carbocycles. The molecule has 3 heterocycles. The zero-order valence-electron chi connectivity index (χ0n) is 22.0. The van der Waals surface area contributed by atoms with Crippen molar-refractivity contribution in [2.24, 2.45) is 0 Å². The molecule has 0 radical (unpaired) electrons. The number of amides is 1. The van der Waals surface area contributed by atoms with Crippen LogP contribution < -0.4 is 16.0 Å². The van der Waals surface area contributed by atoms with Gasteiger partial charge < -0.3 is 20.5 Å². The second-order valence-corrected chi connectivity index (χ2v) is 10.2. The van der Waals surface area contributed by atoms with Gasteiger partial charge in [-0.25, -0.2) is 19.9 Å². The van der Waals surface area contributed by atoms with Crippen LogP contribution in [0.5, 0.6) is 0 Å². The van der Waals surface area contributed by atoms with Crippen LogP contribution in [0.25, 0.3) is 11.5 Å². The number of anilines is 4. The van der Waals surface area contributed by atoms with E-state index in [1.165, 1.54) is 23.3 Å². The molecule has 14 heteroatoms. The zero-order valence-corrected chi connectivity index (χ0v) is 22.8. The van der Waals surface area contributed by atoms with Crippen molar-refractivity contribution in [1.29, 1.82) is 0 Å². The van der Waals surface area contributed by atoms with Crippen molar-refractivity contribution in [2.45, 2.75) is 32.0 Å². The van der Waals surface area contributed by atoms with Gasteiger partial charge in [-0.3, -0.25) is 9.36 Å². The van der Waals surface area contributed by atoms with E-state index in [0.717, 1.165) is 25.0 Å². The van der Waals surface area contributed by atoms with Gasteiger partial charge in [0.2, 0.25) is 5.95 Å². The first-order valence-corrected chi connectivity index (χ1v) is 13.2. The number of aryl methyl sites for hydroxylation is 1. The number of carbonyl (C=O) groups excluding carboxylic acids is 1. The lowest BCUT2D eigenvalue weighted by atomic mass is 10.1. The summed E-state index contributed by atoms with van der Waals surface area (Å²) in [6, 6.07) is 10.0. The number of aromatic nitrogens is 6. The van der Waals surface area contributed by atoms with Gasteiger partial charge in [-0.05, 0) is 56.2 Å². The zero-order chi connectivity index (χ0) is 29.4. The summed E-state index contributed by atoms with van der Waals surface area (Å²) in [6.07, 6.45) is 5.27. The van der Waals surface area contributed by atoms with Gasteiger partial charge in [0.05, 0.1) is 28.3 Å². The number of hydrogen-bond acceptors (Lipinski definition) is 7. The van der Waals surface area contributed by atoms with Gasteiger partial charge >= 0.3 is 6.18 Å². The number of rotatable bonds is 8. The molecule has 0 atom stereocenters. The first kappa shape index (κ1) is 27.3. The van der Waals surface area contributed by atoms with E-state index in [-0.39, 0.29) is 11.3 Å². The lowest BCUT2D eigenvalue weighted by Crippen LogP contribution is -2.15. The Morgan fingerprint density at radius 1 is 1.05 bits per heavy atom. The second kappa shape index (κ2) is 10.8. The molecular formula is C28H23ClF3N9O. The summed E-state index contributed by atoms with van der Waals surface area (Å²) in [5.74, 6) is 0.938. The quantitative estimate of drug-likeness (QED) is 0.191. The Hall–Kier alpha value is -4.91. The van der Waals surface area contributed by atoms with Crippen molar-refractivity contribution in [2.75, 3.05) is 16.0 Å². The first-order valence-electron chi connectivity index (χ1n) is 12.9. The maximum absolute atomic E-state index is 13.7. The molecule has 0 bridgehead atoms. The highest BCUT2D eigenvalue weighted by molar-refractivity contribution is 6.33. The van der Waals surface area contributed by atoms with Gasteiger partial charge in [0.15, 0.2) is 0 Å². The summed E-state index contributed by atoms with van der Waals surface area (Å²) in [5, 5.41) is 9.46. The van der Waals surface area contributed by atoms with Crippen molar-refractivity contribution in [3.05, 3.63) is 95.6 Å². The Morgan fingerprint density at radius 3 is 2.62 bits per heavy atom. The molecule has 0 unspecified atom stereocenters. The number of imidazole rings is 2. The lowest BCUT2D eigenvalue weighted by molar-refractivity contribution is -0.137. The van der Waals surface area contributed by atoms with E-state index >= 15 is 0 Å². The molecule has 0 spiro atoms. The summed E-state index contributed by atoms with van der Waals surface area (Å²) in [4.78, 5) is 30.2. The fourth-order valence-corrected chi connectivity index (χ4v) is 4.38. The van der Waals surface area contributed by atoms with Crippen LogP contribution in [0.3, 0.4) is 0 Å². The molecular weight excluding hydrogens is 571 g/mol. The largest absolute Gasteiger partial charge is 0.416 e. The predicted octanol–water partition coefficient (Wildman–Crippen LogP) is 6.40. The average Bonchev–Trinajstić information content (AvgIpc) is 3.46. The van der Waals surface area contributed by atoms with E-state index in [4.69, 9.17) is 11.6 Å². The molecule has 1 amide bonds. The molecule has 3 aromatic heterocycles. The summed E-state index contributed by atoms with van der Waals surface area (Å²) in [5.41, 5.74) is 0.357. The Labute approximate surface area is 242 Å². The van der Waals surface area contributed by atoms with Crippen molar-refractivity contribution in [3.63, 3.8) is 0 Å². The standard InChI is InChI=1S/C28H23ClF3N9O/c1-16-13-40(15-36-16)21-9-17(8-18(10-21)28(30,31)32)26(42)38-20-4-5-22(29)23(11-20)39-27-33-6-7-41(27)25-12-24(34-14-35-25)37-19-2-3-19/h4-15,19H,2-3H2,1H3,(H,33,39)(H,38,42)(H,34,35,37). The van der Waals surface area contributed by atoms with E-state index in [2.05, 4.69) is 35.9 Å². The number of halogens is 4. The van der Waals surface area contributed by atoms with Crippen LogP contribution in [0, 0.1) is 6.92 Å². The van der Waals surface area contributed by atoms with Crippen LogP contribution in [0.2, 0.25) is 5.02 Å². The van der Waals surface area contributed by atoms with E-state index in [0.29, 0.717) is 45.7 Å². The van der Waals surface area contributed by atoms with E-state index in [1.54, 1.807) is 54.3 Å². The van der Waals surface area contributed by atoms with Gasteiger partial charge in [-0.15, -0.1) is 0 Å². The van der Waals surface area contributed by atoms with Crippen LogP contribution >= 0.6 is 11.6 Å². The fraction of sp³-hybridized carbons (Fsp3) is 0.179. The minimum atomic E-state index is -4.65. The van der Waals surface area contributed by atoms with Gasteiger partial charge in [-0.2, -0.15) is 13.2 Å². The van der Waals surface area contributed by atoms with Gasteiger partial charge in [0.1, 0.15) is 18.0 Å². The highest BCUT2D eigenvalue weighted by atomic mass is 35.5. The molecule has 42 heavy (non-hydrogen) atoms. The van der Waals surface area contributed by atoms with Crippen LogP contribution in [0.4, 0.5) is 36.3 Å². The number of nitrogens with zero attached hydrogens (tertiary/aromatic N) is 6. The maximum atomic E-state index is 13.7. The first-order chi connectivity index (χ1) is 20.1. The van der Waals surface area contributed by atoms with Crippen LogP contribution in [0.1, 0.15) is 34.5 Å². The molecule has 0 aliphatic heterocycles. The van der Waals surface area contributed by atoms with E-state index < -0.39 is 17.6 Å². The third kappa shape index (κ3) is 6.05. The molecule has 6 rings (SSSR count). The second-order valence-electron chi connectivity index (χ2n) is 9.76. The van der Waals surface area contributed by atoms with Gasteiger partial charge in [0.25, 0.3) is 5.91 Å². The minimum absolute atomic E-state index is 0.154. The summed E-state index contributed by atoms with van der Waals surface area (Å²) in [6.45, 7) is 1.72. The number of nitrogens with one attached hydrogen (secondary N) is 3. The molecule has 1 fully saturated rings. The van der Waals surface area contributed by atoms with E-state index in [1.807, 2.05) is 0 Å². The van der Waals surface area contributed by atoms with Crippen LogP contribution in [-0.2, 0) is 6.18 Å². The number of benzene rings is 2. The monoisotopic (exact) mass is 593 g/mol. The maximum Gasteiger partial charge on any atom is 0.416 e.